The van der Waals surface area contributed by atoms with Crippen molar-refractivity contribution in [2.75, 3.05) is 5.73 Å². The van der Waals surface area contributed by atoms with Crippen LogP contribution in [0.2, 0.25) is 4.22 Å². The topological polar surface area (TPSA) is 95.7 Å². The van der Waals surface area contributed by atoms with Crippen molar-refractivity contribution in [3.8, 4) is 0 Å². The number of rotatable bonds is 21. The van der Waals surface area contributed by atoms with Crippen molar-refractivity contribution in [3.63, 3.8) is 0 Å². The predicted molar refractivity (Wildman–Crippen MR) is 152 cm³/mol. The Labute approximate surface area is 236 Å². The average molecular weight is 569 g/mol. The van der Waals surface area contributed by atoms with Crippen LogP contribution in [0.1, 0.15) is 152 Å². The van der Waals surface area contributed by atoms with E-state index in [9.17, 15) is 12.9 Å². The molecule has 6 nitrogen and oxygen atoms in total. The molecule has 1 rings (SSSR count). The molecule has 0 saturated carbocycles. The SMILES string of the molecule is CC(C)CCCCCCCCCCCCCCC(=O)c1cc(N)ccc1C(=O)[O][Ti](=[O])([O]C(C)C)[CH](C)C. The summed E-state index contributed by atoms with van der Waals surface area (Å²) in [7, 11) is 0. The van der Waals surface area contributed by atoms with E-state index >= 15 is 0 Å². The molecule has 0 bridgehead atoms. The van der Waals surface area contributed by atoms with E-state index in [-0.39, 0.29) is 23.0 Å². The quantitative estimate of drug-likeness (QED) is 0.0687. The molecule has 0 fully saturated rings. The molecule has 0 spiro atoms. The van der Waals surface area contributed by atoms with Crippen LogP contribution in [0.15, 0.2) is 18.2 Å². The number of Topliss-reactive ketones (excluding diaryl/α,β-unsaturated/α-hetero) is 1. The first-order valence-corrected chi connectivity index (χ1v) is 17.8. The number of nitrogen functional groups attached to an aromatic ring is 1. The summed E-state index contributed by atoms with van der Waals surface area (Å²) in [5.74, 6) is -0.0993. The van der Waals surface area contributed by atoms with Gasteiger partial charge in [-0.05, 0) is 5.92 Å². The van der Waals surface area contributed by atoms with E-state index in [1.807, 2.05) is 0 Å². The molecule has 0 saturated heterocycles. The van der Waals surface area contributed by atoms with Crippen LogP contribution in [-0.4, -0.2) is 17.9 Å². The number of ketones is 1. The maximum atomic E-state index is 13.2. The third-order valence-corrected chi connectivity index (χ3v) is 11.0. The van der Waals surface area contributed by atoms with Crippen LogP contribution >= 0.6 is 0 Å². The third kappa shape index (κ3) is 14.1. The molecule has 0 aromatic heterocycles. The Morgan fingerprint density at radius 1 is 0.763 bits per heavy atom. The molecule has 7 heteroatoms. The van der Waals surface area contributed by atoms with Crippen molar-refractivity contribution < 1.29 is 36.9 Å². The molecule has 2 N–H and O–H groups in total. The number of carbonyl (C=O) groups is 2. The Bertz CT molecular complexity index is 881. The number of hydrogen-bond acceptors (Lipinski definition) is 6. The molecule has 1 aromatic rings. The van der Waals surface area contributed by atoms with Crippen LogP contribution in [0, 0.1) is 5.92 Å². The summed E-state index contributed by atoms with van der Waals surface area (Å²) >= 11 is -4.60. The number of hydrogen-bond donors (Lipinski definition) is 1. The minimum atomic E-state index is -4.60. The van der Waals surface area contributed by atoms with Gasteiger partial charge in [-0.3, -0.25) is 0 Å². The summed E-state index contributed by atoms with van der Waals surface area (Å²) in [4.78, 5) is 25.9. The predicted octanol–water partition coefficient (Wildman–Crippen LogP) is 9.31. The first kappa shape index (κ1) is 34.7. The molecule has 0 radical (unpaired) electrons. The maximum absolute atomic E-state index is 13.2. The number of anilines is 1. The Morgan fingerprint density at radius 2 is 1.26 bits per heavy atom. The van der Waals surface area contributed by atoms with Gasteiger partial charge in [0.05, 0.1) is 0 Å². The molecule has 0 heterocycles. The summed E-state index contributed by atoms with van der Waals surface area (Å²) in [6, 6.07) is 4.55. The average Bonchev–Trinajstić information content (AvgIpc) is 2.83. The minimum absolute atomic E-state index is 0.1000. The summed E-state index contributed by atoms with van der Waals surface area (Å²) < 4.78 is 23.8. The Morgan fingerprint density at radius 3 is 1.74 bits per heavy atom. The summed E-state index contributed by atoms with van der Waals surface area (Å²) in [6.07, 6.45) is 16.1. The van der Waals surface area contributed by atoms with E-state index in [0.717, 1.165) is 25.2 Å². The van der Waals surface area contributed by atoms with Crippen LogP contribution in [0.4, 0.5) is 5.69 Å². The number of nitrogens with two attached hydrogens (primary N) is 1. The van der Waals surface area contributed by atoms with Gasteiger partial charge >= 0.3 is 172 Å². The van der Waals surface area contributed by atoms with E-state index in [4.69, 9.17) is 12.4 Å². The number of unbranched alkanes of at least 4 members (excludes halogenated alkanes) is 11. The standard InChI is InChI=1S/C25H41NO3.C3H7O.C3H7.O.Ti/c1-20(2)15-13-11-9-7-5-3-4-6-8-10-12-14-16-24(27)23-19-21(26)17-18-22(23)25(28)29;1-3(2)4;1-3-2;;/h17-20H,3-16,26H2,1-2H3,(H,28,29);3H,1-2H3;3H,1-2H3;;/q;-1;;;+2/p-1. The second-order valence-electron chi connectivity index (χ2n) is 11.7. The van der Waals surface area contributed by atoms with Gasteiger partial charge in [0.25, 0.3) is 0 Å². The third-order valence-electron chi connectivity index (χ3n) is 6.84. The van der Waals surface area contributed by atoms with Gasteiger partial charge in [0.2, 0.25) is 0 Å². The van der Waals surface area contributed by atoms with E-state index in [0.29, 0.717) is 12.1 Å². The van der Waals surface area contributed by atoms with Gasteiger partial charge < -0.3 is 0 Å². The summed E-state index contributed by atoms with van der Waals surface area (Å²) in [6.45, 7) is 11.5. The van der Waals surface area contributed by atoms with Crippen LogP contribution < -0.4 is 5.73 Å². The molecule has 1 unspecified atom stereocenters. The van der Waals surface area contributed by atoms with Gasteiger partial charge in [-0.1, -0.05) is 58.8 Å². The summed E-state index contributed by atoms with van der Waals surface area (Å²) in [5, 5.41) is 0. The molecule has 0 amide bonds. The number of benzene rings is 1. The van der Waals surface area contributed by atoms with Crippen molar-refractivity contribution in [1.29, 1.82) is 0 Å². The summed E-state index contributed by atoms with van der Waals surface area (Å²) in [5.41, 5.74) is 6.65. The van der Waals surface area contributed by atoms with Crippen LogP contribution in [-0.2, 0) is 27.3 Å². The van der Waals surface area contributed by atoms with Crippen molar-refractivity contribution in [1.82, 2.24) is 0 Å². The zero-order valence-electron chi connectivity index (χ0n) is 25.0. The van der Waals surface area contributed by atoms with Crippen LogP contribution in [0.5, 0.6) is 0 Å². The fourth-order valence-corrected chi connectivity index (χ4v) is 6.97. The van der Waals surface area contributed by atoms with Gasteiger partial charge in [0.15, 0.2) is 0 Å². The van der Waals surface area contributed by atoms with Crippen molar-refractivity contribution in [2.24, 2.45) is 5.92 Å². The number of carbonyl (C=O) groups excluding carboxylic acids is 2. The van der Waals surface area contributed by atoms with Crippen molar-refractivity contribution >= 4 is 17.4 Å². The Kier molecular flexibility index (Phi) is 17.2. The zero-order valence-corrected chi connectivity index (χ0v) is 26.5. The van der Waals surface area contributed by atoms with Gasteiger partial charge in [0, 0.05) is 0 Å². The van der Waals surface area contributed by atoms with Gasteiger partial charge in [-0.2, -0.15) is 0 Å². The first-order valence-electron chi connectivity index (χ1n) is 15.0. The van der Waals surface area contributed by atoms with Crippen molar-refractivity contribution in [3.05, 3.63) is 29.3 Å². The molecular weight excluding hydrogens is 514 g/mol. The van der Waals surface area contributed by atoms with E-state index in [1.165, 1.54) is 76.3 Å². The fourth-order valence-electron chi connectivity index (χ4n) is 4.50. The molecule has 1 atom stereocenters. The van der Waals surface area contributed by atoms with E-state index in [2.05, 4.69) is 13.8 Å². The molecular formula is C31H54NO5Ti. The monoisotopic (exact) mass is 568 g/mol. The van der Waals surface area contributed by atoms with Gasteiger partial charge in [-0.25, -0.2) is 0 Å². The molecule has 38 heavy (non-hydrogen) atoms. The van der Waals surface area contributed by atoms with E-state index in [1.54, 1.807) is 33.8 Å². The molecule has 0 aliphatic carbocycles. The second-order valence-corrected chi connectivity index (χ2v) is 16.1. The normalized spacial score (nSPS) is 13.3. The van der Waals surface area contributed by atoms with Gasteiger partial charge in [-0.15, -0.1) is 0 Å². The zero-order chi connectivity index (χ0) is 28.6. The molecule has 0 aliphatic rings. The fraction of sp³-hybridized carbons (Fsp3) is 0.742. The second kappa shape index (κ2) is 18.8. The Balaban J connectivity index is 2.40. The van der Waals surface area contributed by atoms with E-state index < -0.39 is 27.5 Å². The first-order chi connectivity index (χ1) is 18.0. The van der Waals surface area contributed by atoms with Crippen LogP contribution in [0.3, 0.4) is 0 Å². The molecule has 217 valence electrons. The van der Waals surface area contributed by atoms with Gasteiger partial charge in [0.1, 0.15) is 0 Å². The molecule has 0 aliphatic heterocycles. The van der Waals surface area contributed by atoms with Crippen molar-refractivity contribution in [2.45, 2.75) is 142 Å². The molecule has 1 aromatic carbocycles. The Hall–Kier alpha value is -1.37. The van der Waals surface area contributed by atoms with Crippen LogP contribution in [0.25, 0.3) is 0 Å².